The number of benzene rings is 1. The summed E-state index contributed by atoms with van der Waals surface area (Å²) >= 11 is 5.84. The van der Waals surface area contributed by atoms with E-state index < -0.39 is 12.1 Å². The molecule has 0 saturated carbocycles. The molecule has 1 saturated heterocycles. The summed E-state index contributed by atoms with van der Waals surface area (Å²) in [5.41, 5.74) is 1.71. The van der Waals surface area contributed by atoms with Crippen molar-refractivity contribution in [2.75, 3.05) is 31.1 Å². The summed E-state index contributed by atoms with van der Waals surface area (Å²) in [6.07, 6.45) is 0.119. The van der Waals surface area contributed by atoms with Gasteiger partial charge < -0.3 is 19.5 Å². The monoisotopic (exact) mass is 505 g/mol. The quantitative estimate of drug-likeness (QED) is 0.444. The van der Waals surface area contributed by atoms with Crippen LogP contribution in [0.25, 0.3) is 22.6 Å². The second-order valence-corrected chi connectivity index (χ2v) is 8.26. The summed E-state index contributed by atoms with van der Waals surface area (Å²) in [5, 5.41) is 5.21. The van der Waals surface area contributed by atoms with Crippen LogP contribution in [0.5, 0.6) is 5.75 Å². The van der Waals surface area contributed by atoms with Gasteiger partial charge in [0.15, 0.2) is 11.5 Å². The standard InChI is InChI=1S/C22H19ClF3N7O2/c23-16-4-3-14(12-17(16)35-22(24,25)26)31-8-10-32(11-9-31)18(34)13-33-21-15(2-1-5-29-21)19(30-33)20-27-6-7-28-20/h1-7,12H,8-11,13H2,(H,27,28). The van der Waals surface area contributed by atoms with Crippen molar-refractivity contribution in [1.82, 2.24) is 29.6 Å². The number of fused-ring (bicyclic) bond motifs is 1. The highest BCUT2D eigenvalue weighted by molar-refractivity contribution is 6.32. The molecule has 1 fully saturated rings. The van der Waals surface area contributed by atoms with E-state index in [2.05, 4.69) is 24.8 Å². The minimum atomic E-state index is -4.84. The van der Waals surface area contributed by atoms with Crippen molar-refractivity contribution < 1.29 is 22.7 Å². The Kier molecular flexibility index (Phi) is 5.97. The van der Waals surface area contributed by atoms with Crippen LogP contribution >= 0.6 is 11.6 Å². The number of imidazole rings is 1. The van der Waals surface area contributed by atoms with E-state index in [-0.39, 0.29) is 17.5 Å². The first kappa shape index (κ1) is 23.0. The van der Waals surface area contributed by atoms with Crippen molar-refractivity contribution in [3.63, 3.8) is 0 Å². The molecule has 0 radical (unpaired) electrons. The Balaban J connectivity index is 1.27. The van der Waals surface area contributed by atoms with Crippen LogP contribution in [0.3, 0.4) is 0 Å². The van der Waals surface area contributed by atoms with Gasteiger partial charge in [-0.25, -0.2) is 14.6 Å². The minimum absolute atomic E-state index is 0.00125. The van der Waals surface area contributed by atoms with Gasteiger partial charge in [0.25, 0.3) is 0 Å². The van der Waals surface area contributed by atoms with Crippen molar-refractivity contribution in [3.8, 4) is 17.3 Å². The van der Waals surface area contributed by atoms with Crippen LogP contribution in [0.2, 0.25) is 5.02 Å². The van der Waals surface area contributed by atoms with E-state index in [4.69, 9.17) is 11.6 Å². The summed E-state index contributed by atoms with van der Waals surface area (Å²) < 4.78 is 43.5. The molecule has 0 spiro atoms. The number of amides is 1. The van der Waals surface area contributed by atoms with Gasteiger partial charge in [0.2, 0.25) is 5.91 Å². The molecule has 0 bridgehead atoms. The molecule has 9 nitrogen and oxygen atoms in total. The molecule has 3 aromatic heterocycles. The maximum Gasteiger partial charge on any atom is 0.573 e. The van der Waals surface area contributed by atoms with Gasteiger partial charge in [-0.15, -0.1) is 13.2 Å². The lowest BCUT2D eigenvalue weighted by Gasteiger charge is -2.36. The summed E-state index contributed by atoms with van der Waals surface area (Å²) in [4.78, 5) is 28.3. The molecule has 1 aromatic carbocycles. The molecule has 13 heteroatoms. The number of halogens is 4. The fraction of sp³-hybridized carbons (Fsp3) is 0.273. The zero-order chi connectivity index (χ0) is 24.6. The topological polar surface area (TPSA) is 92.2 Å². The van der Waals surface area contributed by atoms with Gasteiger partial charge in [-0.1, -0.05) is 11.6 Å². The van der Waals surface area contributed by atoms with Crippen molar-refractivity contribution in [1.29, 1.82) is 0 Å². The molecule has 4 heterocycles. The van der Waals surface area contributed by atoms with Crippen LogP contribution in [0.15, 0.2) is 48.9 Å². The Bertz CT molecular complexity index is 1350. The Hall–Kier alpha value is -3.80. The van der Waals surface area contributed by atoms with Gasteiger partial charge in [-0.3, -0.25) is 4.79 Å². The Morgan fingerprint density at radius 3 is 2.63 bits per heavy atom. The highest BCUT2D eigenvalue weighted by Gasteiger charge is 2.32. The normalized spacial score (nSPS) is 14.5. The van der Waals surface area contributed by atoms with Crippen LogP contribution < -0.4 is 9.64 Å². The number of anilines is 1. The molecule has 1 N–H and O–H groups in total. The van der Waals surface area contributed by atoms with Crippen LogP contribution in [0.1, 0.15) is 0 Å². The van der Waals surface area contributed by atoms with E-state index in [1.165, 1.54) is 12.1 Å². The lowest BCUT2D eigenvalue weighted by atomic mass is 10.2. The number of rotatable bonds is 5. The van der Waals surface area contributed by atoms with E-state index in [1.807, 2.05) is 11.0 Å². The molecule has 182 valence electrons. The molecule has 1 aliphatic rings. The number of alkyl halides is 3. The number of carbonyl (C=O) groups is 1. The van der Waals surface area contributed by atoms with Crippen LogP contribution in [-0.4, -0.2) is 68.1 Å². The molecule has 0 unspecified atom stereocenters. The van der Waals surface area contributed by atoms with Crippen molar-refractivity contribution in [2.45, 2.75) is 12.9 Å². The largest absolute Gasteiger partial charge is 0.573 e. The lowest BCUT2D eigenvalue weighted by molar-refractivity contribution is -0.274. The van der Waals surface area contributed by atoms with E-state index in [9.17, 15) is 18.0 Å². The molecule has 35 heavy (non-hydrogen) atoms. The Morgan fingerprint density at radius 2 is 1.91 bits per heavy atom. The minimum Gasteiger partial charge on any atom is -0.404 e. The first-order valence-electron chi connectivity index (χ1n) is 10.7. The molecular weight excluding hydrogens is 487 g/mol. The Morgan fingerprint density at radius 1 is 1.11 bits per heavy atom. The van der Waals surface area contributed by atoms with Crippen LogP contribution in [-0.2, 0) is 11.3 Å². The molecular formula is C22H19ClF3N7O2. The number of carbonyl (C=O) groups excluding carboxylic acids is 1. The van der Waals surface area contributed by atoms with Gasteiger partial charge in [-0.2, -0.15) is 5.10 Å². The second-order valence-electron chi connectivity index (χ2n) is 7.85. The molecule has 4 aromatic rings. The number of hydrogen-bond acceptors (Lipinski definition) is 6. The third kappa shape index (κ3) is 4.87. The number of nitrogens with zero attached hydrogens (tertiary/aromatic N) is 6. The highest BCUT2D eigenvalue weighted by Crippen LogP contribution is 2.34. The number of hydrogen-bond donors (Lipinski definition) is 1. The smallest absolute Gasteiger partial charge is 0.404 e. The van der Waals surface area contributed by atoms with E-state index in [1.54, 1.807) is 40.3 Å². The first-order chi connectivity index (χ1) is 16.8. The molecule has 1 aliphatic heterocycles. The van der Waals surface area contributed by atoms with Crippen molar-refractivity contribution in [2.24, 2.45) is 0 Å². The van der Waals surface area contributed by atoms with Crippen LogP contribution in [0.4, 0.5) is 18.9 Å². The maximum atomic E-state index is 13.0. The molecule has 0 aliphatic carbocycles. The van der Waals surface area contributed by atoms with Crippen molar-refractivity contribution >= 4 is 34.2 Å². The van der Waals surface area contributed by atoms with Gasteiger partial charge in [-0.05, 0) is 24.3 Å². The van der Waals surface area contributed by atoms with Crippen LogP contribution in [0, 0.1) is 0 Å². The Labute approximate surface area is 202 Å². The highest BCUT2D eigenvalue weighted by atomic mass is 35.5. The predicted molar refractivity (Wildman–Crippen MR) is 122 cm³/mol. The fourth-order valence-corrected chi connectivity index (χ4v) is 4.18. The average Bonchev–Trinajstić information content (AvgIpc) is 3.48. The molecule has 0 atom stereocenters. The van der Waals surface area contributed by atoms with Gasteiger partial charge in [0.05, 0.1) is 10.4 Å². The number of aromatic nitrogens is 5. The van der Waals surface area contributed by atoms with Gasteiger partial charge in [0.1, 0.15) is 18.0 Å². The first-order valence-corrected chi connectivity index (χ1v) is 11.1. The van der Waals surface area contributed by atoms with Gasteiger partial charge >= 0.3 is 6.36 Å². The number of ether oxygens (including phenoxy) is 1. The lowest BCUT2D eigenvalue weighted by Crippen LogP contribution is -2.49. The predicted octanol–water partition coefficient (Wildman–Crippen LogP) is 3.72. The zero-order valence-corrected chi connectivity index (χ0v) is 18.9. The second kappa shape index (κ2) is 9.10. The number of H-pyrrole nitrogens is 1. The average molecular weight is 506 g/mol. The fourth-order valence-electron chi connectivity index (χ4n) is 4.02. The third-order valence-electron chi connectivity index (χ3n) is 5.65. The van der Waals surface area contributed by atoms with E-state index in [0.29, 0.717) is 49.0 Å². The third-order valence-corrected chi connectivity index (χ3v) is 5.96. The number of pyridine rings is 1. The summed E-state index contributed by atoms with van der Waals surface area (Å²) in [6.45, 7) is 1.67. The van der Waals surface area contributed by atoms with Gasteiger partial charge in [0, 0.05) is 56.5 Å². The van der Waals surface area contributed by atoms with Crippen molar-refractivity contribution in [3.05, 3.63) is 53.9 Å². The molecule has 5 rings (SSSR count). The molecule has 1 amide bonds. The van der Waals surface area contributed by atoms with E-state index >= 15 is 0 Å². The van der Waals surface area contributed by atoms with E-state index in [0.717, 1.165) is 5.39 Å². The zero-order valence-electron chi connectivity index (χ0n) is 18.2. The summed E-state index contributed by atoms with van der Waals surface area (Å²) in [5.74, 6) is -0.0110. The summed E-state index contributed by atoms with van der Waals surface area (Å²) in [6, 6.07) is 7.91. The number of piperazine rings is 1. The number of aromatic amines is 1. The maximum absolute atomic E-state index is 13.0. The summed E-state index contributed by atoms with van der Waals surface area (Å²) in [7, 11) is 0. The number of nitrogens with one attached hydrogen (secondary N) is 1. The SMILES string of the molecule is O=C(Cn1nc(-c2ncc[nH]2)c2cccnc21)N1CCN(c2ccc(Cl)c(OC(F)(F)F)c2)CC1.